The first kappa shape index (κ1) is 25.9. The number of unbranched alkanes of at least 4 members (excludes halogenated alkanes) is 2. The maximum Gasteiger partial charge on any atom is 0.253 e. The van der Waals surface area contributed by atoms with Gasteiger partial charge in [-0.1, -0.05) is 62.1 Å². The normalized spacial score (nSPS) is 12.6. The van der Waals surface area contributed by atoms with E-state index in [0.717, 1.165) is 36.1 Å². The van der Waals surface area contributed by atoms with Gasteiger partial charge in [0.25, 0.3) is 20.0 Å². The van der Waals surface area contributed by atoms with Gasteiger partial charge < -0.3 is 0 Å². The molecule has 0 aliphatic rings. The zero-order valence-electron chi connectivity index (χ0n) is 18.6. The van der Waals surface area contributed by atoms with Gasteiger partial charge in [-0.2, -0.15) is 0 Å². The Bertz CT molecular complexity index is 950. The average Bonchev–Trinajstić information content (AvgIpc) is 2.73. The van der Waals surface area contributed by atoms with Crippen LogP contribution in [0.25, 0.3) is 0 Å². The molecule has 9 heteroatoms. The van der Waals surface area contributed by atoms with Crippen molar-refractivity contribution < 1.29 is 16.8 Å². The van der Waals surface area contributed by atoms with Crippen LogP contribution in [0, 0.1) is 13.8 Å². The Morgan fingerprint density at radius 3 is 1.26 bits per heavy atom. The molecular weight excluding hydrogens is 452 g/mol. The van der Waals surface area contributed by atoms with E-state index in [-0.39, 0.29) is 22.9 Å². The predicted molar refractivity (Wildman–Crippen MR) is 128 cm³/mol. The van der Waals surface area contributed by atoms with Crippen molar-refractivity contribution in [2.75, 3.05) is 13.1 Å². The molecule has 0 aromatic heterocycles. The van der Waals surface area contributed by atoms with Crippen LogP contribution in [0.15, 0.2) is 58.3 Å². The third kappa shape index (κ3) is 6.79. The molecule has 0 spiro atoms. The molecule has 0 saturated heterocycles. The second kappa shape index (κ2) is 11.5. The number of hydrogen-bond donors (Lipinski definition) is 0. The number of nitrogens with zero attached hydrogens (tertiary/aromatic N) is 2. The number of rotatable bonds is 12. The van der Waals surface area contributed by atoms with Crippen LogP contribution in [0.4, 0.5) is 0 Å². The number of hydrogen-bond acceptors (Lipinski definition) is 5. The summed E-state index contributed by atoms with van der Waals surface area (Å²) in [7, 11) is -7.74. The van der Waals surface area contributed by atoms with Crippen LogP contribution in [0.1, 0.15) is 50.7 Å². The lowest BCUT2D eigenvalue weighted by Gasteiger charge is -2.28. The van der Waals surface area contributed by atoms with E-state index in [0.29, 0.717) is 12.8 Å². The van der Waals surface area contributed by atoms with Crippen molar-refractivity contribution in [2.24, 2.45) is 0 Å². The summed E-state index contributed by atoms with van der Waals surface area (Å²) in [6, 6.07) is 13.2. The van der Waals surface area contributed by atoms with E-state index in [4.69, 9.17) is 0 Å². The summed E-state index contributed by atoms with van der Waals surface area (Å²) in [4.78, 5) is 0.315. The van der Waals surface area contributed by atoms with E-state index in [1.807, 2.05) is 27.7 Å². The first-order valence-corrected chi connectivity index (χ1v) is 14.1. The number of sulfonamides is 2. The molecule has 0 atom stereocenters. The Morgan fingerprint density at radius 1 is 0.645 bits per heavy atom. The molecule has 0 unspecified atom stereocenters. The zero-order valence-corrected chi connectivity index (χ0v) is 21.1. The van der Waals surface area contributed by atoms with E-state index in [9.17, 15) is 16.8 Å². The molecule has 0 aliphatic carbocycles. The minimum Gasteiger partial charge on any atom is -0.206 e. The van der Waals surface area contributed by atoms with Crippen molar-refractivity contribution in [1.29, 1.82) is 0 Å². The van der Waals surface area contributed by atoms with Gasteiger partial charge in [0.15, 0.2) is 0 Å². The highest BCUT2D eigenvalue weighted by atomic mass is 32.3. The van der Waals surface area contributed by atoms with Gasteiger partial charge in [-0.05, 0) is 51.0 Å². The largest absolute Gasteiger partial charge is 0.253 e. The summed E-state index contributed by atoms with van der Waals surface area (Å²) in [6.07, 6.45) is 2.84. The second-order valence-corrected chi connectivity index (χ2v) is 12.7. The molecule has 0 N–H and O–H groups in total. The van der Waals surface area contributed by atoms with Gasteiger partial charge in [0.2, 0.25) is 0 Å². The molecular formula is C22H32N2O4S3. The molecule has 0 bridgehead atoms. The van der Waals surface area contributed by atoms with Crippen LogP contribution >= 0.6 is 12.1 Å². The monoisotopic (exact) mass is 484 g/mol. The second-order valence-electron chi connectivity index (χ2n) is 7.48. The van der Waals surface area contributed by atoms with Crippen molar-refractivity contribution in [1.82, 2.24) is 7.42 Å². The lowest BCUT2D eigenvalue weighted by atomic mass is 10.2. The summed E-state index contributed by atoms with van der Waals surface area (Å²) < 4.78 is 55.8. The average molecular weight is 485 g/mol. The maximum atomic E-state index is 13.4. The highest BCUT2D eigenvalue weighted by molar-refractivity contribution is 8.13. The third-order valence-corrected chi connectivity index (χ3v) is 10.2. The van der Waals surface area contributed by atoms with Gasteiger partial charge in [-0.3, -0.25) is 0 Å². The van der Waals surface area contributed by atoms with Crippen molar-refractivity contribution in [3.8, 4) is 0 Å². The van der Waals surface area contributed by atoms with Crippen LogP contribution in [0.3, 0.4) is 0 Å². The van der Waals surface area contributed by atoms with E-state index in [1.165, 1.54) is 7.42 Å². The Kier molecular flexibility index (Phi) is 9.57. The summed E-state index contributed by atoms with van der Waals surface area (Å²) in [5, 5.41) is 0. The lowest BCUT2D eigenvalue weighted by molar-refractivity contribution is 0.507. The molecule has 31 heavy (non-hydrogen) atoms. The predicted octanol–water partition coefficient (Wildman–Crippen LogP) is 5.15. The highest BCUT2D eigenvalue weighted by Gasteiger charge is 2.33. The first-order valence-electron chi connectivity index (χ1n) is 10.5. The van der Waals surface area contributed by atoms with Gasteiger partial charge in [0.1, 0.15) is 0 Å². The van der Waals surface area contributed by atoms with Gasteiger partial charge >= 0.3 is 0 Å². The molecule has 2 aromatic carbocycles. The van der Waals surface area contributed by atoms with Crippen molar-refractivity contribution >= 4 is 32.2 Å². The summed E-state index contributed by atoms with van der Waals surface area (Å²) in [6.45, 7) is 8.17. The van der Waals surface area contributed by atoms with Gasteiger partial charge in [0.05, 0.1) is 9.79 Å². The van der Waals surface area contributed by atoms with E-state index >= 15 is 0 Å². The first-order chi connectivity index (χ1) is 14.6. The van der Waals surface area contributed by atoms with Crippen LogP contribution in [0.2, 0.25) is 0 Å². The van der Waals surface area contributed by atoms with E-state index < -0.39 is 20.0 Å². The molecule has 0 amide bonds. The molecule has 6 nitrogen and oxygen atoms in total. The Hall–Kier alpha value is -1.39. The SMILES string of the molecule is CCCCN(SN(CCCC)S(=O)(=O)c1ccc(C)cc1)S(=O)(=O)c1ccc(C)cc1. The van der Waals surface area contributed by atoms with Gasteiger partial charge in [-0.15, -0.1) is 7.42 Å². The van der Waals surface area contributed by atoms with Crippen LogP contribution in [-0.2, 0) is 20.0 Å². The quantitative estimate of drug-likeness (QED) is 0.390. The van der Waals surface area contributed by atoms with E-state index in [2.05, 4.69) is 0 Å². The van der Waals surface area contributed by atoms with Crippen LogP contribution in [0.5, 0.6) is 0 Å². The summed E-state index contributed by atoms with van der Waals surface area (Å²) in [5.41, 5.74) is 1.91. The molecule has 0 radical (unpaired) electrons. The smallest absolute Gasteiger partial charge is 0.206 e. The Labute approximate surface area is 192 Å². The van der Waals surface area contributed by atoms with Crippen molar-refractivity contribution in [3.05, 3.63) is 59.7 Å². The number of aryl methyl sites for hydroxylation is 2. The molecule has 2 aromatic rings. The number of benzene rings is 2. The van der Waals surface area contributed by atoms with Gasteiger partial charge in [0, 0.05) is 25.2 Å². The Morgan fingerprint density at radius 2 is 0.968 bits per heavy atom. The summed E-state index contributed by atoms with van der Waals surface area (Å²) >= 11 is 0.772. The minimum atomic E-state index is -3.87. The van der Waals surface area contributed by atoms with E-state index in [1.54, 1.807) is 48.5 Å². The minimum absolute atomic E-state index is 0.157. The highest BCUT2D eigenvalue weighted by Crippen LogP contribution is 2.31. The maximum absolute atomic E-state index is 13.4. The van der Waals surface area contributed by atoms with Crippen LogP contribution in [-0.4, -0.2) is 37.3 Å². The molecule has 0 aliphatic heterocycles. The molecule has 2 rings (SSSR count). The Balaban J connectivity index is 2.43. The van der Waals surface area contributed by atoms with Crippen molar-refractivity contribution in [2.45, 2.75) is 63.2 Å². The fourth-order valence-corrected chi connectivity index (χ4v) is 7.36. The fraction of sp³-hybridized carbons (Fsp3) is 0.455. The lowest BCUT2D eigenvalue weighted by Crippen LogP contribution is -2.35. The zero-order chi connectivity index (χ0) is 23.1. The third-order valence-electron chi connectivity index (χ3n) is 4.74. The molecule has 172 valence electrons. The molecule has 0 fully saturated rings. The molecule has 0 saturated carbocycles. The standard InChI is InChI=1S/C22H32N2O4S3/c1-5-7-17-23(30(25,26)21-13-9-19(3)10-14-21)29-24(18-8-6-2)31(27,28)22-15-11-20(4)12-16-22/h9-16H,5-8,17-18H2,1-4H3. The topological polar surface area (TPSA) is 74.8 Å². The van der Waals surface area contributed by atoms with Crippen LogP contribution < -0.4 is 0 Å². The van der Waals surface area contributed by atoms with Gasteiger partial charge in [-0.25, -0.2) is 16.8 Å². The summed E-state index contributed by atoms with van der Waals surface area (Å²) in [5.74, 6) is 0. The fourth-order valence-electron chi connectivity index (χ4n) is 2.74. The van der Waals surface area contributed by atoms with Crippen molar-refractivity contribution in [3.63, 3.8) is 0 Å². The molecule has 0 heterocycles.